The standard InChI is InChI=1S/C23H26N4O2/c1-27-13-11-21(26-27)23(29)25-20-9-6-16(14-20)10-12-24-22(28)19-8-7-17-4-2-3-5-18(17)15-19/h2-5,7-8,11,13,15-16,20H,6,9-10,12,14H2,1H3,(H,24,28)(H,25,29). The second-order valence-electron chi connectivity index (χ2n) is 7.83. The third-order valence-corrected chi connectivity index (χ3v) is 5.67. The number of nitrogens with one attached hydrogen (secondary N) is 2. The van der Waals surface area contributed by atoms with Crippen molar-refractivity contribution >= 4 is 22.6 Å². The number of rotatable bonds is 6. The van der Waals surface area contributed by atoms with E-state index in [1.165, 1.54) is 0 Å². The minimum Gasteiger partial charge on any atom is -0.352 e. The highest BCUT2D eigenvalue weighted by Crippen LogP contribution is 2.28. The summed E-state index contributed by atoms with van der Waals surface area (Å²) in [5, 5.41) is 12.5. The van der Waals surface area contributed by atoms with Crippen LogP contribution in [0.15, 0.2) is 54.7 Å². The van der Waals surface area contributed by atoms with Crippen molar-refractivity contribution < 1.29 is 9.59 Å². The maximum Gasteiger partial charge on any atom is 0.271 e. The molecular formula is C23H26N4O2. The SMILES string of the molecule is Cn1ccc(C(=O)NC2CCC(CCNC(=O)c3ccc4ccccc4c3)C2)n1. The molecule has 4 rings (SSSR count). The molecule has 2 atom stereocenters. The van der Waals surface area contributed by atoms with Crippen LogP contribution in [0.4, 0.5) is 0 Å². The van der Waals surface area contributed by atoms with Crippen LogP contribution in [-0.2, 0) is 7.05 Å². The van der Waals surface area contributed by atoms with Crippen molar-refractivity contribution in [3.05, 3.63) is 66.0 Å². The molecule has 150 valence electrons. The number of benzene rings is 2. The monoisotopic (exact) mass is 390 g/mol. The van der Waals surface area contributed by atoms with Crippen molar-refractivity contribution in [3.8, 4) is 0 Å². The number of carbonyl (C=O) groups excluding carboxylic acids is 2. The first-order valence-electron chi connectivity index (χ1n) is 10.2. The Morgan fingerprint density at radius 2 is 1.90 bits per heavy atom. The maximum atomic E-state index is 12.5. The third kappa shape index (κ3) is 4.65. The lowest BCUT2D eigenvalue weighted by molar-refractivity contribution is 0.0930. The summed E-state index contributed by atoms with van der Waals surface area (Å²) >= 11 is 0. The van der Waals surface area contributed by atoms with Crippen LogP contribution in [0.1, 0.15) is 46.5 Å². The summed E-state index contributed by atoms with van der Waals surface area (Å²) in [6.45, 7) is 0.650. The van der Waals surface area contributed by atoms with Crippen molar-refractivity contribution in [2.24, 2.45) is 13.0 Å². The van der Waals surface area contributed by atoms with Gasteiger partial charge in [0.05, 0.1) is 0 Å². The van der Waals surface area contributed by atoms with Gasteiger partial charge in [0.1, 0.15) is 5.69 Å². The minimum atomic E-state index is -0.110. The molecular weight excluding hydrogens is 364 g/mol. The molecule has 1 fully saturated rings. The number of hydrogen-bond acceptors (Lipinski definition) is 3. The van der Waals surface area contributed by atoms with Crippen molar-refractivity contribution in [2.45, 2.75) is 31.7 Å². The fourth-order valence-electron chi connectivity index (χ4n) is 4.09. The molecule has 2 aromatic carbocycles. The molecule has 0 radical (unpaired) electrons. The number of carbonyl (C=O) groups is 2. The van der Waals surface area contributed by atoms with Crippen LogP contribution in [-0.4, -0.2) is 34.2 Å². The molecule has 6 nitrogen and oxygen atoms in total. The van der Waals surface area contributed by atoms with Gasteiger partial charge in [-0.1, -0.05) is 30.3 Å². The Balaban J connectivity index is 1.22. The molecule has 0 saturated heterocycles. The molecule has 0 spiro atoms. The lowest BCUT2D eigenvalue weighted by Gasteiger charge is -2.13. The summed E-state index contributed by atoms with van der Waals surface area (Å²) in [6.07, 6.45) is 5.69. The van der Waals surface area contributed by atoms with Crippen LogP contribution < -0.4 is 10.6 Å². The van der Waals surface area contributed by atoms with Gasteiger partial charge in [-0.25, -0.2) is 0 Å². The smallest absolute Gasteiger partial charge is 0.271 e. The molecule has 0 bridgehead atoms. The van der Waals surface area contributed by atoms with Crippen LogP contribution in [0, 0.1) is 5.92 Å². The van der Waals surface area contributed by atoms with Crippen molar-refractivity contribution in [2.75, 3.05) is 6.54 Å². The number of amides is 2. The first-order valence-corrected chi connectivity index (χ1v) is 10.2. The lowest BCUT2D eigenvalue weighted by atomic mass is 10.0. The molecule has 6 heteroatoms. The Hall–Kier alpha value is -3.15. The van der Waals surface area contributed by atoms with E-state index in [0.29, 0.717) is 23.7 Å². The van der Waals surface area contributed by atoms with Gasteiger partial charge in [0.2, 0.25) is 0 Å². The van der Waals surface area contributed by atoms with Crippen molar-refractivity contribution in [1.29, 1.82) is 0 Å². The largest absolute Gasteiger partial charge is 0.352 e. The molecule has 1 aromatic heterocycles. The zero-order valence-electron chi connectivity index (χ0n) is 16.6. The molecule has 2 N–H and O–H groups in total. The highest BCUT2D eigenvalue weighted by Gasteiger charge is 2.26. The summed E-state index contributed by atoms with van der Waals surface area (Å²) in [4.78, 5) is 24.7. The van der Waals surface area contributed by atoms with Crippen molar-refractivity contribution in [3.63, 3.8) is 0 Å². The van der Waals surface area contributed by atoms with E-state index < -0.39 is 0 Å². The predicted octanol–water partition coefficient (Wildman–Crippen LogP) is 3.29. The van der Waals surface area contributed by atoms with E-state index in [9.17, 15) is 9.59 Å². The molecule has 0 aliphatic heterocycles. The van der Waals surface area contributed by atoms with Gasteiger partial charge in [-0.2, -0.15) is 5.10 Å². The number of aromatic nitrogens is 2. The quantitative estimate of drug-likeness (QED) is 0.678. The highest BCUT2D eigenvalue weighted by atomic mass is 16.2. The lowest BCUT2D eigenvalue weighted by Crippen LogP contribution is -2.33. The van der Waals surface area contributed by atoms with Gasteiger partial charge in [-0.15, -0.1) is 0 Å². The molecule has 1 aliphatic rings. The Kier molecular flexibility index (Phi) is 5.60. The zero-order valence-corrected chi connectivity index (χ0v) is 16.6. The van der Waals surface area contributed by atoms with E-state index in [2.05, 4.69) is 15.7 Å². The van der Waals surface area contributed by atoms with Gasteiger partial charge in [0.15, 0.2) is 0 Å². The fraction of sp³-hybridized carbons (Fsp3) is 0.348. The molecule has 1 saturated carbocycles. The highest BCUT2D eigenvalue weighted by molar-refractivity contribution is 5.98. The second-order valence-corrected chi connectivity index (χ2v) is 7.83. The first-order chi connectivity index (χ1) is 14.1. The summed E-state index contributed by atoms with van der Waals surface area (Å²) in [7, 11) is 1.80. The van der Waals surface area contributed by atoms with E-state index in [-0.39, 0.29) is 17.9 Å². The summed E-state index contributed by atoms with van der Waals surface area (Å²) in [5.74, 6) is 0.371. The van der Waals surface area contributed by atoms with Gasteiger partial charge >= 0.3 is 0 Å². The third-order valence-electron chi connectivity index (χ3n) is 5.67. The number of fused-ring (bicyclic) bond motifs is 1. The van der Waals surface area contributed by atoms with Gasteiger partial charge in [0, 0.05) is 31.4 Å². The van der Waals surface area contributed by atoms with E-state index in [4.69, 9.17) is 0 Å². The van der Waals surface area contributed by atoms with Crippen LogP contribution in [0.25, 0.3) is 10.8 Å². The summed E-state index contributed by atoms with van der Waals surface area (Å²) in [5.41, 5.74) is 1.15. The van der Waals surface area contributed by atoms with E-state index in [1.54, 1.807) is 24.0 Å². The van der Waals surface area contributed by atoms with Gasteiger partial charge in [0.25, 0.3) is 11.8 Å². The fourth-order valence-corrected chi connectivity index (χ4v) is 4.09. The number of aryl methyl sites for hydroxylation is 1. The van der Waals surface area contributed by atoms with Gasteiger partial charge < -0.3 is 10.6 Å². The molecule has 1 heterocycles. The van der Waals surface area contributed by atoms with Crippen LogP contribution in [0.3, 0.4) is 0 Å². The van der Waals surface area contributed by atoms with Gasteiger partial charge in [-0.3, -0.25) is 14.3 Å². The van der Waals surface area contributed by atoms with E-state index in [0.717, 1.165) is 36.5 Å². The maximum absolute atomic E-state index is 12.5. The minimum absolute atomic E-state index is 0.0336. The Morgan fingerprint density at radius 3 is 2.69 bits per heavy atom. The Labute approximate surface area is 170 Å². The molecule has 29 heavy (non-hydrogen) atoms. The molecule has 2 unspecified atom stereocenters. The van der Waals surface area contributed by atoms with Gasteiger partial charge in [-0.05, 0) is 60.6 Å². The predicted molar refractivity (Wildman–Crippen MR) is 113 cm³/mol. The Morgan fingerprint density at radius 1 is 1.07 bits per heavy atom. The van der Waals surface area contributed by atoms with Crippen LogP contribution in [0.2, 0.25) is 0 Å². The zero-order chi connectivity index (χ0) is 20.2. The number of hydrogen-bond donors (Lipinski definition) is 2. The summed E-state index contributed by atoms with van der Waals surface area (Å²) in [6, 6.07) is 15.7. The van der Waals surface area contributed by atoms with E-state index in [1.807, 2.05) is 42.5 Å². The average Bonchev–Trinajstić information content (AvgIpc) is 3.36. The molecule has 1 aliphatic carbocycles. The van der Waals surface area contributed by atoms with E-state index >= 15 is 0 Å². The van der Waals surface area contributed by atoms with Crippen LogP contribution in [0.5, 0.6) is 0 Å². The normalized spacial score (nSPS) is 18.7. The Bertz CT molecular complexity index is 1030. The molecule has 3 aromatic rings. The average molecular weight is 390 g/mol. The summed E-state index contributed by atoms with van der Waals surface area (Å²) < 4.78 is 1.63. The second kappa shape index (κ2) is 8.47. The first kappa shape index (κ1) is 19.2. The van der Waals surface area contributed by atoms with Crippen molar-refractivity contribution in [1.82, 2.24) is 20.4 Å². The van der Waals surface area contributed by atoms with Crippen LogP contribution >= 0.6 is 0 Å². The topological polar surface area (TPSA) is 76.0 Å². The number of nitrogens with zero attached hydrogens (tertiary/aromatic N) is 2. The molecule has 2 amide bonds.